The molecule has 0 spiro atoms. The molecule has 0 bridgehead atoms. The molecule has 0 saturated heterocycles. The zero-order chi connectivity index (χ0) is 14.7. The first-order chi connectivity index (χ1) is 9.52. The molecule has 0 aliphatic heterocycles. The number of nitrogens with two attached hydrogens (primary N) is 1. The minimum atomic E-state index is 0.106. The summed E-state index contributed by atoms with van der Waals surface area (Å²) in [6, 6.07) is 2.29. The van der Waals surface area contributed by atoms with Gasteiger partial charge in [0.2, 0.25) is 0 Å². The average Bonchev–Trinajstić information content (AvgIpc) is 3.16. The third-order valence-electron chi connectivity index (χ3n) is 3.73. The van der Waals surface area contributed by atoms with Crippen molar-refractivity contribution in [1.29, 1.82) is 0 Å². The van der Waals surface area contributed by atoms with Crippen molar-refractivity contribution < 1.29 is 4.79 Å². The molecule has 0 unspecified atom stereocenters. The summed E-state index contributed by atoms with van der Waals surface area (Å²) in [5, 5.41) is 0. The predicted octanol–water partition coefficient (Wildman–Crippen LogP) is 1.82. The number of nitrogen functional groups attached to an aromatic ring is 1. The van der Waals surface area contributed by atoms with E-state index in [9.17, 15) is 4.79 Å². The van der Waals surface area contributed by atoms with Gasteiger partial charge in [-0.25, -0.2) is 0 Å². The Hall–Kier alpha value is -1.49. The Morgan fingerprint density at radius 1 is 1.40 bits per heavy atom. The second kappa shape index (κ2) is 6.31. The molecular formula is C15H26N4O. The Labute approximate surface area is 121 Å². The Bertz CT molecular complexity index is 462. The summed E-state index contributed by atoms with van der Waals surface area (Å²) in [5.41, 5.74) is 7.30. The lowest BCUT2D eigenvalue weighted by Gasteiger charge is -2.22. The van der Waals surface area contributed by atoms with Crippen LogP contribution in [0.25, 0.3) is 0 Å². The lowest BCUT2D eigenvalue weighted by Crippen LogP contribution is -2.34. The lowest BCUT2D eigenvalue weighted by atomic mass is 10.3. The van der Waals surface area contributed by atoms with Crippen molar-refractivity contribution >= 4 is 11.6 Å². The largest absolute Gasteiger partial charge is 0.397 e. The first-order valence-corrected chi connectivity index (χ1v) is 7.44. The van der Waals surface area contributed by atoms with Crippen molar-refractivity contribution in [2.75, 3.05) is 39.5 Å². The topological polar surface area (TPSA) is 54.5 Å². The smallest absolute Gasteiger partial charge is 0.270 e. The molecule has 0 radical (unpaired) electrons. The van der Waals surface area contributed by atoms with E-state index >= 15 is 0 Å². The van der Waals surface area contributed by atoms with Gasteiger partial charge in [0.25, 0.3) is 5.91 Å². The van der Waals surface area contributed by atoms with Gasteiger partial charge >= 0.3 is 0 Å². The molecule has 5 nitrogen and oxygen atoms in total. The zero-order valence-electron chi connectivity index (χ0n) is 12.8. The molecule has 2 N–H and O–H groups in total. The van der Waals surface area contributed by atoms with Crippen LogP contribution < -0.4 is 5.73 Å². The first kappa shape index (κ1) is 14.9. The average molecular weight is 278 g/mol. The monoisotopic (exact) mass is 278 g/mol. The van der Waals surface area contributed by atoms with Gasteiger partial charge in [0.1, 0.15) is 5.69 Å². The van der Waals surface area contributed by atoms with E-state index in [4.69, 9.17) is 5.73 Å². The number of carbonyl (C=O) groups is 1. The van der Waals surface area contributed by atoms with E-state index in [2.05, 4.69) is 23.6 Å². The predicted molar refractivity (Wildman–Crippen MR) is 81.9 cm³/mol. The molecule has 1 fully saturated rings. The fraction of sp³-hybridized carbons (Fsp3) is 0.667. The van der Waals surface area contributed by atoms with E-state index in [-0.39, 0.29) is 5.91 Å². The summed E-state index contributed by atoms with van der Waals surface area (Å²) in [7, 11) is 4.11. The molecule has 5 heteroatoms. The highest BCUT2D eigenvalue weighted by molar-refractivity contribution is 5.94. The highest BCUT2D eigenvalue weighted by Crippen LogP contribution is 2.37. The van der Waals surface area contributed by atoms with Gasteiger partial charge in [-0.2, -0.15) is 0 Å². The number of nitrogens with zero attached hydrogens (tertiary/aromatic N) is 3. The van der Waals surface area contributed by atoms with Gasteiger partial charge in [0, 0.05) is 25.3 Å². The normalized spacial score (nSPS) is 14.8. The van der Waals surface area contributed by atoms with E-state index in [1.165, 1.54) is 0 Å². The van der Waals surface area contributed by atoms with Gasteiger partial charge in [-0.1, -0.05) is 0 Å². The molecule has 1 aliphatic carbocycles. The molecule has 1 aromatic rings. The maximum Gasteiger partial charge on any atom is 0.270 e. The van der Waals surface area contributed by atoms with Gasteiger partial charge in [-0.15, -0.1) is 0 Å². The molecule has 1 heterocycles. The van der Waals surface area contributed by atoms with Crippen LogP contribution in [0.3, 0.4) is 0 Å². The van der Waals surface area contributed by atoms with E-state index < -0.39 is 0 Å². The summed E-state index contributed by atoms with van der Waals surface area (Å²) in [5.74, 6) is 0.106. The van der Waals surface area contributed by atoms with Crippen LogP contribution in [-0.4, -0.2) is 54.0 Å². The van der Waals surface area contributed by atoms with Crippen molar-refractivity contribution in [3.8, 4) is 0 Å². The fourth-order valence-electron chi connectivity index (χ4n) is 2.47. The molecular weight excluding hydrogens is 252 g/mol. The highest BCUT2D eigenvalue weighted by atomic mass is 16.2. The molecule has 1 aliphatic rings. The number of hydrogen-bond donors (Lipinski definition) is 1. The second-order valence-electron chi connectivity index (χ2n) is 5.84. The highest BCUT2D eigenvalue weighted by Gasteiger charge is 2.29. The quantitative estimate of drug-likeness (QED) is 0.827. The van der Waals surface area contributed by atoms with Crippen LogP contribution in [0.4, 0.5) is 5.69 Å². The van der Waals surface area contributed by atoms with Crippen LogP contribution in [0.5, 0.6) is 0 Å². The summed E-state index contributed by atoms with van der Waals surface area (Å²) in [6.45, 7) is 4.56. The fourth-order valence-corrected chi connectivity index (χ4v) is 2.47. The Morgan fingerprint density at radius 3 is 2.65 bits per heavy atom. The van der Waals surface area contributed by atoms with Crippen molar-refractivity contribution in [2.45, 2.75) is 32.2 Å². The van der Waals surface area contributed by atoms with E-state index in [1.54, 1.807) is 0 Å². The third-order valence-corrected chi connectivity index (χ3v) is 3.73. The summed E-state index contributed by atoms with van der Waals surface area (Å²) < 4.78 is 2.06. The van der Waals surface area contributed by atoms with Gasteiger partial charge in [0.05, 0.1) is 5.69 Å². The van der Waals surface area contributed by atoms with Crippen molar-refractivity contribution in [1.82, 2.24) is 14.4 Å². The molecule has 0 atom stereocenters. The van der Waals surface area contributed by atoms with Crippen LogP contribution in [-0.2, 0) is 0 Å². The van der Waals surface area contributed by atoms with Crippen LogP contribution in [0, 0.1) is 0 Å². The molecule has 2 rings (SSSR count). The summed E-state index contributed by atoms with van der Waals surface area (Å²) in [6.07, 6.45) is 5.20. The molecule has 1 amide bonds. The zero-order valence-corrected chi connectivity index (χ0v) is 12.8. The van der Waals surface area contributed by atoms with Crippen LogP contribution in [0.15, 0.2) is 12.3 Å². The molecule has 0 aromatic carbocycles. The molecule has 20 heavy (non-hydrogen) atoms. The number of anilines is 1. The summed E-state index contributed by atoms with van der Waals surface area (Å²) in [4.78, 5) is 16.7. The maximum atomic E-state index is 12.7. The maximum absolute atomic E-state index is 12.7. The number of carbonyl (C=O) groups excluding carboxylic acids is 1. The third kappa shape index (κ3) is 3.54. The standard InChI is InChI=1S/C15H26N4O/c1-4-18(9-5-8-17(2)3)15(20)14-10-12(16)11-19(14)13-6-7-13/h10-11,13H,4-9,16H2,1-3H3. The van der Waals surface area contributed by atoms with Crippen molar-refractivity contribution in [3.63, 3.8) is 0 Å². The Morgan fingerprint density at radius 2 is 2.10 bits per heavy atom. The minimum Gasteiger partial charge on any atom is -0.397 e. The molecule has 112 valence electrons. The molecule has 1 aromatic heterocycles. The van der Waals surface area contributed by atoms with Crippen LogP contribution >= 0.6 is 0 Å². The SMILES string of the molecule is CCN(CCCN(C)C)C(=O)c1cc(N)cn1C1CC1. The first-order valence-electron chi connectivity index (χ1n) is 7.44. The van der Waals surface area contributed by atoms with Crippen molar-refractivity contribution in [3.05, 3.63) is 18.0 Å². The number of rotatable bonds is 7. The van der Waals surface area contributed by atoms with Crippen LogP contribution in [0.1, 0.15) is 42.7 Å². The minimum absolute atomic E-state index is 0.106. The Kier molecular flexibility index (Phi) is 4.70. The summed E-state index contributed by atoms with van der Waals surface area (Å²) >= 11 is 0. The number of amides is 1. The van der Waals surface area contributed by atoms with Gasteiger partial charge in [-0.05, 0) is 52.9 Å². The van der Waals surface area contributed by atoms with E-state index in [0.717, 1.165) is 44.6 Å². The van der Waals surface area contributed by atoms with E-state index in [0.29, 0.717) is 11.7 Å². The van der Waals surface area contributed by atoms with Crippen LogP contribution in [0.2, 0.25) is 0 Å². The van der Waals surface area contributed by atoms with Gasteiger partial charge in [-0.3, -0.25) is 4.79 Å². The molecule has 1 saturated carbocycles. The van der Waals surface area contributed by atoms with Gasteiger partial charge in [0.15, 0.2) is 0 Å². The Balaban J connectivity index is 2.04. The number of aromatic nitrogens is 1. The second-order valence-corrected chi connectivity index (χ2v) is 5.84. The van der Waals surface area contributed by atoms with Gasteiger partial charge < -0.3 is 20.1 Å². The lowest BCUT2D eigenvalue weighted by molar-refractivity contribution is 0.0748. The van der Waals surface area contributed by atoms with E-state index in [1.807, 2.05) is 24.1 Å². The van der Waals surface area contributed by atoms with Crippen molar-refractivity contribution in [2.24, 2.45) is 0 Å². The number of hydrogen-bond acceptors (Lipinski definition) is 3.